The van der Waals surface area contributed by atoms with Crippen LogP contribution in [0.4, 0.5) is 4.79 Å². The number of carboxylic acids is 1. The quantitative estimate of drug-likeness (QED) is 0.589. The zero-order chi connectivity index (χ0) is 17.8. The molecule has 1 aliphatic rings. The predicted octanol–water partition coefficient (Wildman–Crippen LogP) is 0.772. The lowest BCUT2D eigenvalue weighted by molar-refractivity contribution is -0.145. The number of hydrogen-bond acceptors (Lipinski definition) is 6. The molecule has 1 saturated carbocycles. The van der Waals surface area contributed by atoms with Gasteiger partial charge in [-0.3, -0.25) is 4.79 Å². The van der Waals surface area contributed by atoms with Crippen molar-refractivity contribution in [1.82, 2.24) is 5.32 Å². The number of aliphatic carboxylic acids is 1. The van der Waals surface area contributed by atoms with E-state index in [0.717, 1.165) is 0 Å². The number of amides is 1. The molecule has 1 aliphatic carbocycles. The summed E-state index contributed by atoms with van der Waals surface area (Å²) in [5.74, 6) is -3.36. The fraction of sp³-hybridized carbons (Fsp3) is 0.800. The van der Waals surface area contributed by atoms with Crippen LogP contribution < -0.4 is 5.32 Å². The number of rotatable bonds is 7. The van der Waals surface area contributed by atoms with Crippen LogP contribution in [0.1, 0.15) is 34.1 Å². The highest BCUT2D eigenvalue weighted by molar-refractivity contribution is 5.84. The molecule has 0 aromatic rings. The molecular weight excluding hydrogens is 306 g/mol. The number of esters is 1. The van der Waals surface area contributed by atoms with Crippen molar-refractivity contribution in [3.63, 3.8) is 0 Å². The first-order chi connectivity index (χ1) is 10.6. The number of aliphatic hydroxyl groups excluding tert-OH is 1. The predicted molar refractivity (Wildman–Crippen MR) is 79.6 cm³/mol. The molecule has 0 aliphatic heterocycles. The van der Waals surface area contributed by atoms with Gasteiger partial charge in [0.2, 0.25) is 0 Å². The number of carbonyl (C=O) groups is 3. The maximum absolute atomic E-state index is 11.9. The molecule has 0 radical (unpaired) electrons. The van der Waals surface area contributed by atoms with E-state index in [4.69, 9.17) is 14.6 Å². The fourth-order valence-corrected chi connectivity index (χ4v) is 2.70. The number of nitrogens with one attached hydrogen (secondary N) is 1. The molecule has 1 fully saturated rings. The van der Waals surface area contributed by atoms with Crippen molar-refractivity contribution in [1.29, 1.82) is 0 Å². The van der Waals surface area contributed by atoms with Crippen molar-refractivity contribution in [2.45, 2.75) is 45.8 Å². The summed E-state index contributed by atoms with van der Waals surface area (Å²) in [6, 6.07) is -1.27. The molecule has 1 rings (SSSR count). The molecule has 4 atom stereocenters. The van der Waals surface area contributed by atoms with Crippen molar-refractivity contribution in [3.8, 4) is 0 Å². The van der Waals surface area contributed by atoms with E-state index < -0.39 is 41.5 Å². The zero-order valence-electron chi connectivity index (χ0n) is 13.9. The lowest BCUT2D eigenvalue weighted by Crippen LogP contribution is -2.45. The lowest BCUT2D eigenvalue weighted by Gasteiger charge is -2.22. The smallest absolute Gasteiger partial charge is 0.408 e. The van der Waals surface area contributed by atoms with Crippen LogP contribution in [0.5, 0.6) is 0 Å². The van der Waals surface area contributed by atoms with Gasteiger partial charge in [0.05, 0.1) is 12.5 Å². The van der Waals surface area contributed by atoms with Gasteiger partial charge in [-0.05, 0) is 40.0 Å². The normalized spacial score (nSPS) is 24.5. The van der Waals surface area contributed by atoms with E-state index >= 15 is 0 Å². The average Bonchev–Trinajstić information content (AvgIpc) is 3.08. The number of alkyl carbamates (subject to hydrolysis) is 1. The Labute approximate surface area is 135 Å². The van der Waals surface area contributed by atoms with Crippen molar-refractivity contribution < 1.29 is 34.1 Å². The average molecular weight is 331 g/mol. The van der Waals surface area contributed by atoms with Crippen LogP contribution in [0, 0.1) is 17.8 Å². The summed E-state index contributed by atoms with van der Waals surface area (Å²) < 4.78 is 9.99. The highest BCUT2D eigenvalue weighted by Gasteiger charge is 2.60. The SMILES string of the molecule is CCOC(=O)C1C(CCO)C1[C@H](NC(=O)OC(C)(C)C)C(=O)O. The molecule has 132 valence electrons. The van der Waals surface area contributed by atoms with Gasteiger partial charge in [0, 0.05) is 12.5 Å². The third-order valence-electron chi connectivity index (χ3n) is 3.57. The number of ether oxygens (including phenoxy) is 2. The van der Waals surface area contributed by atoms with Gasteiger partial charge >= 0.3 is 18.0 Å². The maximum atomic E-state index is 11.9. The van der Waals surface area contributed by atoms with E-state index in [1.807, 2.05) is 0 Å². The number of hydrogen-bond donors (Lipinski definition) is 3. The molecule has 0 aromatic heterocycles. The molecule has 0 saturated heterocycles. The van der Waals surface area contributed by atoms with Crippen LogP contribution in [-0.2, 0) is 19.1 Å². The molecule has 8 heteroatoms. The number of carbonyl (C=O) groups excluding carboxylic acids is 2. The summed E-state index contributed by atoms with van der Waals surface area (Å²) in [5.41, 5.74) is -0.762. The molecule has 0 spiro atoms. The third-order valence-corrected chi connectivity index (χ3v) is 3.57. The number of carboxylic acid groups (broad SMARTS) is 1. The van der Waals surface area contributed by atoms with E-state index in [1.54, 1.807) is 27.7 Å². The Kier molecular flexibility index (Phi) is 6.37. The van der Waals surface area contributed by atoms with Crippen LogP contribution in [0.25, 0.3) is 0 Å². The Bertz CT molecular complexity index is 457. The van der Waals surface area contributed by atoms with Gasteiger partial charge in [-0.2, -0.15) is 0 Å². The summed E-state index contributed by atoms with van der Waals surface area (Å²) in [4.78, 5) is 35.2. The van der Waals surface area contributed by atoms with Crippen LogP contribution in [0.3, 0.4) is 0 Å². The monoisotopic (exact) mass is 331 g/mol. The van der Waals surface area contributed by atoms with Gasteiger partial charge in [0.1, 0.15) is 11.6 Å². The van der Waals surface area contributed by atoms with E-state index in [1.165, 1.54) is 0 Å². The standard InChI is InChI=1S/C15H25NO7/c1-5-22-13(20)10-8(6-7-17)9(10)11(12(18)19)16-14(21)23-15(2,3)4/h8-11,17H,5-7H2,1-4H3,(H,16,21)(H,18,19)/t8?,9?,10?,11-/m0/s1. The van der Waals surface area contributed by atoms with Crippen LogP contribution in [0.15, 0.2) is 0 Å². The van der Waals surface area contributed by atoms with Crippen LogP contribution in [-0.4, -0.2) is 53.1 Å². The second kappa shape index (κ2) is 7.63. The summed E-state index contributed by atoms with van der Waals surface area (Å²) in [5, 5.41) is 20.7. The number of aliphatic hydroxyl groups is 1. The van der Waals surface area contributed by atoms with E-state index in [2.05, 4.69) is 5.32 Å². The van der Waals surface area contributed by atoms with Gasteiger partial charge in [-0.1, -0.05) is 0 Å². The molecule has 0 bridgehead atoms. The molecule has 1 amide bonds. The zero-order valence-corrected chi connectivity index (χ0v) is 13.9. The Balaban J connectivity index is 2.81. The summed E-state index contributed by atoms with van der Waals surface area (Å²) in [6.07, 6.45) is -0.587. The first kappa shape index (κ1) is 19.2. The van der Waals surface area contributed by atoms with Gasteiger partial charge in [-0.25, -0.2) is 9.59 Å². The van der Waals surface area contributed by atoms with E-state index in [-0.39, 0.29) is 25.6 Å². The summed E-state index contributed by atoms with van der Waals surface area (Å²) in [7, 11) is 0. The van der Waals surface area contributed by atoms with E-state index in [0.29, 0.717) is 0 Å². The fourth-order valence-electron chi connectivity index (χ4n) is 2.70. The summed E-state index contributed by atoms with van der Waals surface area (Å²) >= 11 is 0. The Hall–Kier alpha value is -1.83. The van der Waals surface area contributed by atoms with Gasteiger partial charge in [-0.15, -0.1) is 0 Å². The highest BCUT2D eigenvalue weighted by atomic mass is 16.6. The minimum absolute atomic E-state index is 0.171. The van der Waals surface area contributed by atoms with Crippen LogP contribution in [0.2, 0.25) is 0 Å². The summed E-state index contributed by atoms with van der Waals surface area (Å²) in [6.45, 7) is 6.66. The molecule has 3 unspecified atom stereocenters. The molecule has 0 heterocycles. The second-order valence-electron chi connectivity index (χ2n) is 6.49. The highest BCUT2D eigenvalue weighted by Crippen LogP contribution is 2.51. The Morgan fingerprint density at radius 2 is 1.87 bits per heavy atom. The van der Waals surface area contributed by atoms with Gasteiger partial charge in [0.25, 0.3) is 0 Å². The van der Waals surface area contributed by atoms with Gasteiger partial charge < -0.3 is 25.0 Å². The molecule has 23 heavy (non-hydrogen) atoms. The first-order valence-corrected chi connectivity index (χ1v) is 7.62. The minimum atomic E-state index is -1.27. The Morgan fingerprint density at radius 3 is 2.30 bits per heavy atom. The van der Waals surface area contributed by atoms with Gasteiger partial charge in [0.15, 0.2) is 0 Å². The molecule has 8 nitrogen and oxygen atoms in total. The van der Waals surface area contributed by atoms with Crippen molar-refractivity contribution in [2.24, 2.45) is 17.8 Å². The molecular formula is C15H25NO7. The largest absolute Gasteiger partial charge is 0.480 e. The Morgan fingerprint density at radius 1 is 1.26 bits per heavy atom. The molecule has 3 N–H and O–H groups in total. The lowest BCUT2D eigenvalue weighted by atomic mass is 10.1. The minimum Gasteiger partial charge on any atom is -0.480 e. The van der Waals surface area contributed by atoms with Crippen molar-refractivity contribution in [3.05, 3.63) is 0 Å². The topological polar surface area (TPSA) is 122 Å². The van der Waals surface area contributed by atoms with E-state index in [9.17, 15) is 19.5 Å². The maximum Gasteiger partial charge on any atom is 0.408 e. The third kappa shape index (κ3) is 5.38. The second-order valence-corrected chi connectivity index (χ2v) is 6.49. The first-order valence-electron chi connectivity index (χ1n) is 7.62. The van der Waals surface area contributed by atoms with Crippen molar-refractivity contribution in [2.75, 3.05) is 13.2 Å². The van der Waals surface area contributed by atoms with Crippen molar-refractivity contribution >= 4 is 18.0 Å². The molecule has 0 aromatic carbocycles. The van der Waals surface area contributed by atoms with Crippen LogP contribution >= 0.6 is 0 Å².